The van der Waals surface area contributed by atoms with E-state index in [9.17, 15) is 4.79 Å². The number of fused-ring (bicyclic) bond motifs is 3. The molecule has 1 aromatic rings. The number of ether oxygens (including phenoxy) is 1. The van der Waals surface area contributed by atoms with E-state index >= 15 is 0 Å². The van der Waals surface area contributed by atoms with Crippen LogP contribution in [0.3, 0.4) is 0 Å². The number of nitrogens with zero attached hydrogens (tertiary/aromatic N) is 2. The highest BCUT2D eigenvalue weighted by Gasteiger charge is 2.66. The summed E-state index contributed by atoms with van der Waals surface area (Å²) < 4.78 is 5.64. The Bertz CT molecular complexity index is 990. The van der Waals surface area contributed by atoms with Crippen LogP contribution in [0.15, 0.2) is 40.8 Å². The Morgan fingerprint density at radius 3 is 2.77 bits per heavy atom. The zero-order valence-corrected chi connectivity index (χ0v) is 19.2. The van der Waals surface area contributed by atoms with Crippen LogP contribution in [-0.2, 0) is 21.5 Å². The first-order chi connectivity index (χ1) is 15.0. The van der Waals surface area contributed by atoms with Gasteiger partial charge >= 0.3 is 0 Å². The fraction of sp³-hybridized carbons (Fsp3) is 0.520. The van der Waals surface area contributed by atoms with Crippen LogP contribution < -0.4 is 5.73 Å². The van der Waals surface area contributed by atoms with E-state index in [4.69, 9.17) is 15.5 Å². The van der Waals surface area contributed by atoms with Crippen LogP contribution >= 0.6 is 11.8 Å². The largest absolute Gasteiger partial charge is 0.381 e. The van der Waals surface area contributed by atoms with Crippen LogP contribution in [0.2, 0.25) is 0 Å². The lowest BCUT2D eigenvalue weighted by atomic mass is 9.61. The number of allylic oxidation sites excluding steroid dienone is 2. The van der Waals surface area contributed by atoms with Crippen molar-refractivity contribution in [2.45, 2.75) is 63.0 Å². The molecule has 1 unspecified atom stereocenters. The fourth-order valence-electron chi connectivity index (χ4n) is 5.97. The number of benzene rings is 1. The fourth-order valence-corrected chi connectivity index (χ4v) is 6.83. The molecule has 31 heavy (non-hydrogen) atoms. The number of nitrogens with two attached hydrogens (primary N) is 1. The molecule has 0 radical (unpaired) electrons. The molecule has 1 amide bonds. The second-order valence-electron chi connectivity index (χ2n) is 9.30. The number of carbonyl (C=O) groups excluding carboxylic acids is 1. The van der Waals surface area contributed by atoms with Gasteiger partial charge < -0.3 is 10.5 Å². The summed E-state index contributed by atoms with van der Waals surface area (Å²) in [5, 5.41) is 2.19. The molecule has 0 saturated heterocycles. The molecule has 2 spiro atoms. The van der Waals surface area contributed by atoms with Crippen molar-refractivity contribution in [1.82, 2.24) is 4.90 Å². The Balaban J connectivity index is 1.62. The molecule has 164 valence electrons. The first-order valence-electron chi connectivity index (χ1n) is 11.3. The van der Waals surface area contributed by atoms with Crippen molar-refractivity contribution in [2.75, 3.05) is 14.2 Å². The highest BCUT2D eigenvalue weighted by Crippen LogP contribution is 2.62. The van der Waals surface area contributed by atoms with E-state index in [1.807, 2.05) is 0 Å². The predicted octanol–water partition coefficient (Wildman–Crippen LogP) is 4.57. The first-order valence-corrected chi connectivity index (χ1v) is 12.2. The minimum absolute atomic E-state index is 0.0240. The van der Waals surface area contributed by atoms with Gasteiger partial charge in [-0.05, 0) is 79.5 Å². The van der Waals surface area contributed by atoms with Gasteiger partial charge in [0, 0.05) is 24.5 Å². The summed E-state index contributed by atoms with van der Waals surface area (Å²) in [7, 11) is 3.54. The summed E-state index contributed by atoms with van der Waals surface area (Å²) in [6.45, 7) is 0. The van der Waals surface area contributed by atoms with Crippen molar-refractivity contribution in [3.8, 4) is 0 Å². The molecule has 2 heterocycles. The summed E-state index contributed by atoms with van der Waals surface area (Å²) in [6, 6.07) is 6.68. The molecule has 1 aromatic carbocycles. The maximum atomic E-state index is 13.8. The molecule has 2 aliphatic heterocycles. The molecule has 6 heteroatoms. The topological polar surface area (TPSA) is 67.9 Å². The number of rotatable bonds is 2. The lowest BCUT2D eigenvalue weighted by molar-refractivity contribution is -0.137. The number of methoxy groups -OCH3 is 1. The summed E-state index contributed by atoms with van der Waals surface area (Å²) in [5.74, 6) is 0.356. The average molecular weight is 438 g/mol. The SMILES string of the molecule is COC1CCC2(CC1)Cc1ccc(C3=CCCCC=CS3)cc1C21N=C(N)N(C)C1=O. The van der Waals surface area contributed by atoms with E-state index in [0.29, 0.717) is 5.96 Å². The average Bonchev–Trinajstić information content (AvgIpc) is 3.15. The number of guanidine groups is 1. The summed E-state index contributed by atoms with van der Waals surface area (Å²) in [4.78, 5) is 21.6. The highest BCUT2D eigenvalue weighted by atomic mass is 32.2. The summed E-state index contributed by atoms with van der Waals surface area (Å²) >= 11 is 1.77. The zero-order chi connectivity index (χ0) is 21.6. The lowest BCUT2D eigenvalue weighted by Crippen LogP contribution is -2.51. The maximum absolute atomic E-state index is 13.8. The molecule has 5 nitrogen and oxygen atoms in total. The van der Waals surface area contributed by atoms with Crippen LogP contribution in [0, 0.1) is 5.41 Å². The Morgan fingerprint density at radius 1 is 1.26 bits per heavy atom. The van der Waals surface area contributed by atoms with E-state index < -0.39 is 5.54 Å². The highest BCUT2D eigenvalue weighted by molar-refractivity contribution is 8.10. The van der Waals surface area contributed by atoms with Gasteiger partial charge in [-0.3, -0.25) is 9.69 Å². The van der Waals surface area contributed by atoms with Crippen molar-refractivity contribution >= 4 is 28.5 Å². The molecular formula is C25H31N3O2S. The Hall–Kier alpha value is -2.05. The van der Waals surface area contributed by atoms with Crippen LogP contribution in [0.1, 0.15) is 61.6 Å². The molecule has 5 rings (SSSR count). The minimum Gasteiger partial charge on any atom is -0.381 e. The van der Waals surface area contributed by atoms with E-state index in [1.54, 1.807) is 30.8 Å². The third kappa shape index (κ3) is 3.10. The van der Waals surface area contributed by atoms with Crippen LogP contribution in [0.25, 0.3) is 4.91 Å². The summed E-state index contributed by atoms with van der Waals surface area (Å²) in [5.41, 5.74) is 8.60. The minimum atomic E-state index is -0.904. The molecular weight excluding hydrogens is 406 g/mol. The number of thioether (sulfide) groups is 1. The zero-order valence-electron chi connectivity index (χ0n) is 18.4. The second-order valence-corrected chi connectivity index (χ2v) is 10.2. The summed E-state index contributed by atoms with van der Waals surface area (Å²) in [6.07, 6.45) is 12.8. The predicted molar refractivity (Wildman–Crippen MR) is 126 cm³/mol. The van der Waals surface area contributed by atoms with Gasteiger partial charge in [0.25, 0.3) is 5.91 Å². The number of aliphatic imine (C=N–C) groups is 1. The number of likely N-dealkylation sites (N-methyl/N-ethyl adjacent to an activating group) is 1. The second kappa shape index (κ2) is 7.82. The van der Waals surface area contributed by atoms with E-state index in [1.165, 1.54) is 22.5 Å². The van der Waals surface area contributed by atoms with Gasteiger partial charge in [0.1, 0.15) is 0 Å². The molecule has 0 aromatic heterocycles. The number of carbonyl (C=O) groups is 1. The molecule has 1 saturated carbocycles. The number of hydrogen-bond donors (Lipinski definition) is 1. The van der Waals surface area contributed by atoms with E-state index in [2.05, 4.69) is 35.8 Å². The molecule has 1 fully saturated rings. The van der Waals surface area contributed by atoms with Gasteiger partial charge in [0.15, 0.2) is 11.5 Å². The van der Waals surface area contributed by atoms with E-state index in [0.717, 1.165) is 50.5 Å². The van der Waals surface area contributed by atoms with Crippen LogP contribution in [0.5, 0.6) is 0 Å². The Kier molecular flexibility index (Phi) is 5.25. The monoisotopic (exact) mass is 437 g/mol. The normalized spacial score (nSPS) is 32.8. The van der Waals surface area contributed by atoms with Crippen LogP contribution in [-0.4, -0.2) is 37.0 Å². The Labute approximate surface area is 188 Å². The van der Waals surface area contributed by atoms with Crippen molar-refractivity contribution in [1.29, 1.82) is 0 Å². The van der Waals surface area contributed by atoms with Gasteiger partial charge in [0.2, 0.25) is 0 Å². The molecule has 2 N–H and O–H groups in total. The first kappa shape index (κ1) is 20.8. The molecule has 4 aliphatic rings. The molecule has 0 bridgehead atoms. The van der Waals surface area contributed by atoms with Gasteiger partial charge in [-0.2, -0.15) is 0 Å². The molecule has 1 atom stereocenters. The van der Waals surface area contributed by atoms with Crippen molar-refractivity contribution in [2.24, 2.45) is 16.1 Å². The van der Waals surface area contributed by atoms with E-state index in [-0.39, 0.29) is 17.4 Å². The molecule has 2 aliphatic carbocycles. The van der Waals surface area contributed by atoms with Gasteiger partial charge in [-0.25, -0.2) is 4.99 Å². The standard InChI is InChI=1S/C25H31N3O2S/c1-28-22(29)25(27-23(28)26)20-15-17(21-7-5-3-4-6-14-31-21)8-9-18(20)16-24(25)12-10-19(30-2)11-13-24/h6-9,14-15,19H,3-5,10-13,16H2,1-2H3,(H2,26,27). The van der Waals surface area contributed by atoms with Gasteiger partial charge in [0.05, 0.1) is 6.10 Å². The smallest absolute Gasteiger partial charge is 0.262 e. The lowest BCUT2D eigenvalue weighted by Gasteiger charge is -2.45. The van der Waals surface area contributed by atoms with Crippen molar-refractivity contribution in [3.63, 3.8) is 0 Å². The van der Waals surface area contributed by atoms with Gasteiger partial charge in [-0.15, -0.1) is 0 Å². The van der Waals surface area contributed by atoms with Crippen molar-refractivity contribution < 1.29 is 9.53 Å². The third-order valence-corrected chi connectivity index (χ3v) is 8.72. The maximum Gasteiger partial charge on any atom is 0.262 e. The van der Waals surface area contributed by atoms with Crippen molar-refractivity contribution in [3.05, 3.63) is 52.4 Å². The van der Waals surface area contributed by atoms with Crippen LogP contribution in [0.4, 0.5) is 0 Å². The third-order valence-electron chi connectivity index (χ3n) is 7.74. The van der Waals surface area contributed by atoms with Gasteiger partial charge in [-0.1, -0.05) is 36.0 Å². The number of amides is 1. The number of hydrogen-bond acceptors (Lipinski definition) is 5. The Morgan fingerprint density at radius 2 is 2.06 bits per heavy atom. The quantitative estimate of drug-likeness (QED) is 0.736.